The van der Waals surface area contributed by atoms with Gasteiger partial charge in [-0.1, -0.05) is 13.8 Å². The fraction of sp³-hybridized carbons (Fsp3) is 1.00. The minimum Gasteiger partial charge on any atom is -0.325 e. The Balaban J connectivity index is 2.52. The molecule has 42 valence electrons. The van der Waals surface area contributed by atoms with E-state index in [-0.39, 0.29) is 5.54 Å². The van der Waals surface area contributed by atoms with Gasteiger partial charge in [-0.3, -0.25) is 0 Å². The summed E-state index contributed by atoms with van der Waals surface area (Å²) < 4.78 is 0. The lowest BCUT2D eigenvalue weighted by molar-refractivity contribution is 0.664. The molecule has 0 bridgehead atoms. The summed E-state index contributed by atoms with van der Waals surface area (Å²) in [6.45, 7) is 6.51. The van der Waals surface area contributed by atoms with Gasteiger partial charge in [0.1, 0.15) is 0 Å². The molecule has 0 saturated heterocycles. The lowest BCUT2D eigenvalue weighted by Crippen LogP contribution is -2.20. The molecule has 0 aromatic heterocycles. The van der Waals surface area contributed by atoms with E-state index < -0.39 is 0 Å². The lowest BCUT2D eigenvalue weighted by atomic mass is 10.3. The molecular formula is C6H13N. The predicted molar refractivity (Wildman–Crippen MR) is 30.9 cm³/mol. The fourth-order valence-corrected chi connectivity index (χ4v) is 1.02. The van der Waals surface area contributed by atoms with Gasteiger partial charge in [0.2, 0.25) is 0 Å². The minimum atomic E-state index is 0.167. The van der Waals surface area contributed by atoms with Crippen LogP contribution in [0.15, 0.2) is 0 Å². The second kappa shape index (κ2) is 1.03. The van der Waals surface area contributed by atoms with Crippen molar-refractivity contribution in [3.63, 3.8) is 0 Å². The van der Waals surface area contributed by atoms with Gasteiger partial charge in [-0.15, -0.1) is 0 Å². The quantitative estimate of drug-likeness (QED) is 0.481. The van der Waals surface area contributed by atoms with Crippen molar-refractivity contribution in [2.75, 3.05) is 0 Å². The van der Waals surface area contributed by atoms with E-state index in [1.807, 2.05) is 0 Å². The van der Waals surface area contributed by atoms with Gasteiger partial charge in [0.25, 0.3) is 0 Å². The molecule has 2 unspecified atom stereocenters. The Hall–Kier alpha value is -0.0400. The van der Waals surface area contributed by atoms with Crippen LogP contribution in [0.5, 0.6) is 0 Å². The van der Waals surface area contributed by atoms with Crippen molar-refractivity contribution in [3.05, 3.63) is 0 Å². The van der Waals surface area contributed by atoms with Crippen LogP contribution in [0, 0.1) is 11.8 Å². The molecule has 1 rings (SSSR count). The van der Waals surface area contributed by atoms with Crippen LogP contribution in [0.3, 0.4) is 0 Å². The van der Waals surface area contributed by atoms with Crippen molar-refractivity contribution in [1.29, 1.82) is 0 Å². The van der Waals surface area contributed by atoms with Crippen molar-refractivity contribution >= 4 is 0 Å². The van der Waals surface area contributed by atoms with Crippen LogP contribution >= 0.6 is 0 Å². The third kappa shape index (κ3) is 0.480. The highest BCUT2D eigenvalue weighted by Gasteiger charge is 2.51. The molecule has 1 saturated carbocycles. The molecule has 0 aromatic carbocycles. The number of nitrogens with two attached hydrogens (primary N) is 1. The van der Waals surface area contributed by atoms with E-state index in [9.17, 15) is 0 Å². The molecule has 0 heterocycles. The Morgan fingerprint density at radius 3 is 1.43 bits per heavy atom. The molecule has 1 aliphatic rings. The largest absolute Gasteiger partial charge is 0.325 e. The van der Waals surface area contributed by atoms with Crippen LogP contribution < -0.4 is 5.73 Å². The first-order valence-electron chi connectivity index (χ1n) is 2.85. The van der Waals surface area contributed by atoms with Crippen LogP contribution in [0.4, 0.5) is 0 Å². The average Bonchev–Trinajstić information content (AvgIpc) is 1.91. The van der Waals surface area contributed by atoms with Crippen LogP contribution in [-0.4, -0.2) is 5.54 Å². The Kier molecular flexibility index (Phi) is 0.747. The minimum absolute atomic E-state index is 0.167. The Morgan fingerprint density at radius 2 is 1.43 bits per heavy atom. The van der Waals surface area contributed by atoms with Crippen LogP contribution in [0.1, 0.15) is 20.8 Å². The van der Waals surface area contributed by atoms with E-state index in [1.165, 1.54) is 0 Å². The predicted octanol–water partition coefficient (Wildman–Crippen LogP) is 0.990. The second-order valence-corrected chi connectivity index (χ2v) is 2.94. The van der Waals surface area contributed by atoms with Crippen LogP contribution in [0.25, 0.3) is 0 Å². The molecule has 2 N–H and O–H groups in total. The van der Waals surface area contributed by atoms with Crippen molar-refractivity contribution in [1.82, 2.24) is 0 Å². The van der Waals surface area contributed by atoms with Crippen molar-refractivity contribution in [3.8, 4) is 0 Å². The molecule has 0 spiro atoms. The van der Waals surface area contributed by atoms with E-state index in [0.717, 1.165) is 11.8 Å². The molecule has 7 heavy (non-hydrogen) atoms. The summed E-state index contributed by atoms with van der Waals surface area (Å²) in [7, 11) is 0. The van der Waals surface area contributed by atoms with Gasteiger partial charge in [0, 0.05) is 5.54 Å². The SMILES string of the molecule is CC1[C@H](C)C1(C)N. The summed E-state index contributed by atoms with van der Waals surface area (Å²) in [5, 5.41) is 0. The first-order chi connectivity index (χ1) is 3.07. The summed E-state index contributed by atoms with van der Waals surface area (Å²) in [4.78, 5) is 0. The van der Waals surface area contributed by atoms with E-state index >= 15 is 0 Å². The molecule has 1 nitrogen and oxygen atoms in total. The summed E-state index contributed by atoms with van der Waals surface area (Å²) in [6, 6.07) is 0. The molecule has 1 aliphatic carbocycles. The number of hydrogen-bond donors (Lipinski definition) is 1. The Bertz CT molecular complexity index is 76.2. The summed E-state index contributed by atoms with van der Waals surface area (Å²) in [6.07, 6.45) is 0. The van der Waals surface area contributed by atoms with Gasteiger partial charge in [-0.25, -0.2) is 0 Å². The molecule has 0 aromatic rings. The highest BCUT2D eigenvalue weighted by Crippen LogP contribution is 2.46. The van der Waals surface area contributed by atoms with E-state index in [2.05, 4.69) is 20.8 Å². The smallest absolute Gasteiger partial charge is 0.0184 e. The van der Waals surface area contributed by atoms with Crippen molar-refractivity contribution < 1.29 is 0 Å². The van der Waals surface area contributed by atoms with E-state index in [1.54, 1.807) is 0 Å². The third-order valence-electron chi connectivity index (χ3n) is 2.60. The molecule has 0 radical (unpaired) electrons. The Morgan fingerprint density at radius 1 is 1.29 bits per heavy atom. The first-order valence-corrected chi connectivity index (χ1v) is 2.85. The van der Waals surface area contributed by atoms with Gasteiger partial charge in [0.15, 0.2) is 0 Å². The fourth-order valence-electron chi connectivity index (χ4n) is 1.02. The maximum Gasteiger partial charge on any atom is 0.0184 e. The maximum atomic E-state index is 5.75. The summed E-state index contributed by atoms with van der Waals surface area (Å²) in [5.74, 6) is 1.49. The topological polar surface area (TPSA) is 26.0 Å². The highest BCUT2D eigenvalue weighted by molar-refractivity contribution is 5.08. The van der Waals surface area contributed by atoms with Crippen LogP contribution in [-0.2, 0) is 0 Å². The molecule has 3 atom stereocenters. The molecule has 1 heteroatoms. The number of rotatable bonds is 0. The zero-order valence-corrected chi connectivity index (χ0v) is 5.23. The standard InChI is InChI=1S/C6H13N/c1-4-5(2)6(4,3)7/h4-5H,7H2,1-3H3/t4-,5?,6?/m0/s1. The lowest BCUT2D eigenvalue weighted by Gasteiger charge is -1.95. The average molecular weight is 99.2 g/mol. The zero-order valence-electron chi connectivity index (χ0n) is 5.23. The van der Waals surface area contributed by atoms with Gasteiger partial charge in [-0.05, 0) is 18.8 Å². The van der Waals surface area contributed by atoms with E-state index in [4.69, 9.17) is 5.73 Å². The van der Waals surface area contributed by atoms with Crippen LogP contribution in [0.2, 0.25) is 0 Å². The van der Waals surface area contributed by atoms with Gasteiger partial charge in [-0.2, -0.15) is 0 Å². The maximum absolute atomic E-state index is 5.75. The Labute approximate surface area is 44.9 Å². The summed E-state index contributed by atoms with van der Waals surface area (Å²) >= 11 is 0. The first kappa shape index (κ1) is 5.10. The molecule has 0 amide bonds. The highest BCUT2D eigenvalue weighted by atomic mass is 14.9. The molecular weight excluding hydrogens is 86.1 g/mol. The third-order valence-corrected chi connectivity index (χ3v) is 2.60. The van der Waals surface area contributed by atoms with Gasteiger partial charge in [0.05, 0.1) is 0 Å². The van der Waals surface area contributed by atoms with E-state index in [0.29, 0.717) is 0 Å². The molecule has 0 aliphatic heterocycles. The van der Waals surface area contributed by atoms with Crippen molar-refractivity contribution in [2.24, 2.45) is 17.6 Å². The van der Waals surface area contributed by atoms with Crippen molar-refractivity contribution in [2.45, 2.75) is 26.3 Å². The monoisotopic (exact) mass is 99.1 g/mol. The number of hydrogen-bond acceptors (Lipinski definition) is 1. The molecule has 1 fully saturated rings. The van der Waals surface area contributed by atoms with Gasteiger partial charge >= 0.3 is 0 Å². The normalized spacial score (nSPS) is 60.0. The second-order valence-electron chi connectivity index (χ2n) is 2.94. The van der Waals surface area contributed by atoms with Gasteiger partial charge < -0.3 is 5.73 Å². The zero-order chi connectivity index (χ0) is 5.65. The summed E-state index contributed by atoms with van der Waals surface area (Å²) in [5.41, 5.74) is 5.92.